The van der Waals surface area contributed by atoms with Gasteiger partial charge in [0.05, 0.1) is 0 Å². The Hall–Kier alpha value is -2.98. The van der Waals surface area contributed by atoms with E-state index in [-0.39, 0.29) is 5.92 Å². The summed E-state index contributed by atoms with van der Waals surface area (Å²) in [6, 6.07) is 8.60. The molecule has 0 heterocycles. The van der Waals surface area contributed by atoms with E-state index in [0.29, 0.717) is 11.5 Å². The number of unbranched alkanes of at least 4 members (excludes halogenated alkanes) is 6. The van der Waals surface area contributed by atoms with Gasteiger partial charge < -0.3 is 9.47 Å². The van der Waals surface area contributed by atoms with Gasteiger partial charge in [-0.2, -0.15) is 0 Å². The van der Waals surface area contributed by atoms with Crippen molar-refractivity contribution in [2.45, 2.75) is 91.9 Å². The van der Waals surface area contributed by atoms with Crippen molar-refractivity contribution in [3.05, 3.63) is 57.6 Å². The molecule has 0 saturated heterocycles. The van der Waals surface area contributed by atoms with Crippen molar-refractivity contribution in [3.63, 3.8) is 0 Å². The second-order valence-corrected chi connectivity index (χ2v) is 8.82. The predicted molar refractivity (Wildman–Crippen MR) is 129 cm³/mol. The Balaban J connectivity index is 2.32. The lowest BCUT2D eigenvalue weighted by atomic mass is 9.83. The van der Waals surface area contributed by atoms with Gasteiger partial charge in [-0.25, -0.2) is 0 Å². The predicted octanol–water partition coefficient (Wildman–Crippen LogP) is 7.91. The Morgan fingerprint density at radius 1 is 0.656 bits per heavy atom. The van der Waals surface area contributed by atoms with Gasteiger partial charge in [-0.1, -0.05) is 76.1 Å². The van der Waals surface area contributed by atoms with Gasteiger partial charge in [-0.15, -0.1) is 10.5 Å². The van der Waals surface area contributed by atoms with E-state index in [1.807, 2.05) is 27.7 Å². The fraction of sp³-hybridized carbons (Fsp3) is 0.500. The molecule has 0 fully saturated rings. The highest BCUT2D eigenvalue weighted by atomic mass is 16.5. The summed E-state index contributed by atoms with van der Waals surface area (Å²) in [4.78, 5) is 0. The molecule has 0 aliphatic rings. The molecule has 170 valence electrons. The third kappa shape index (κ3) is 6.76. The molecule has 2 aromatic carbocycles. The number of hydrogen-bond donors (Lipinski definition) is 0. The number of nitrogens with zero attached hydrogens (tertiary/aromatic N) is 2. The van der Waals surface area contributed by atoms with E-state index in [9.17, 15) is 0 Å². The summed E-state index contributed by atoms with van der Waals surface area (Å²) in [5.41, 5.74) is 6.38. The molecule has 0 spiro atoms. The lowest BCUT2D eigenvalue weighted by Gasteiger charge is -2.22. The molecule has 2 aromatic rings. The molecular weight excluding hydrogens is 396 g/mol. The monoisotopic (exact) mass is 432 g/mol. The van der Waals surface area contributed by atoms with Crippen LogP contribution in [0.1, 0.15) is 97.6 Å². The SMILES string of the molecule is CCCCCCCCCC(c1cc(C)c(OC#N)c(C)c1)c1cc(C)c(OC#N)c(C)c1. The van der Waals surface area contributed by atoms with E-state index in [0.717, 1.165) is 28.7 Å². The molecule has 4 nitrogen and oxygen atoms in total. The van der Waals surface area contributed by atoms with Crippen LogP contribution in [0.5, 0.6) is 11.5 Å². The molecule has 0 aliphatic carbocycles. The van der Waals surface area contributed by atoms with Crippen molar-refractivity contribution >= 4 is 0 Å². The standard InChI is InChI=1S/C28H36N2O2/c1-6-7-8-9-10-11-12-13-26(24-14-20(2)27(31-18-29)21(3)15-24)25-16-22(4)28(32-19-30)23(5)17-25/h14-17,26H,6-13H2,1-5H3. The Labute approximate surface area is 193 Å². The molecule has 0 unspecified atom stereocenters. The minimum atomic E-state index is 0.243. The number of ether oxygens (including phenoxy) is 2. The van der Waals surface area contributed by atoms with Gasteiger partial charge in [0, 0.05) is 5.92 Å². The zero-order chi connectivity index (χ0) is 23.5. The van der Waals surface area contributed by atoms with Crippen LogP contribution in [0, 0.1) is 50.7 Å². The van der Waals surface area contributed by atoms with E-state index in [1.54, 1.807) is 12.5 Å². The number of aryl methyl sites for hydroxylation is 4. The van der Waals surface area contributed by atoms with E-state index in [4.69, 9.17) is 20.0 Å². The summed E-state index contributed by atoms with van der Waals surface area (Å²) in [6.07, 6.45) is 13.6. The Morgan fingerprint density at radius 3 is 1.41 bits per heavy atom. The summed E-state index contributed by atoms with van der Waals surface area (Å²) in [5.74, 6) is 1.54. The largest absolute Gasteiger partial charge is 0.387 e. The molecule has 32 heavy (non-hydrogen) atoms. The summed E-state index contributed by atoms with van der Waals surface area (Å²) < 4.78 is 10.4. The van der Waals surface area contributed by atoms with Crippen molar-refractivity contribution in [3.8, 4) is 24.0 Å². The van der Waals surface area contributed by atoms with Crippen LogP contribution in [0.15, 0.2) is 24.3 Å². The number of rotatable bonds is 12. The van der Waals surface area contributed by atoms with Crippen LogP contribution >= 0.6 is 0 Å². The summed E-state index contributed by atoms with van der Waals surface area (Å²) in [7, 11) is 0. The molecule has 0 saturated carbocycles. The van der Waals surface area contributed by atoms with Crippen molar-refractivity contribution in [1.82, 2.24) is 0 Å². The molecule has 4 heteroatoms. The molecule has 0 N–H and O–H groups in total. The normalized spacial score (nSPS) is 10.6. The molecule has 0 amide bonds. The minimum absolute atomic E-state index is 0.243. The van der Waals surface area contributed by atoms with Crippen molar-refractivity contribution in [2.24, 2.45) is 0 Å². The van der Waals surface area contributed by atoms with Crippen molar-refractivity contribution in [2.75, 3.05) is 0 Å². The van der Waals surface area contributed by atoms with Gasteiger partial charge >= 0.3 is 0 Å². The zero-order valence-corrected chi connectivity index (χ0v) is 20.3. The highest BCUT2D eigenvalue weighted by Gasteiger charge is 2.19. The van der Waals surface area contributed by atoms with Gasteiger partial charge in [0.25, 0.3) is 12.5 Å². The fourth-order valence-corrected chi connectivity index (χ4v) is 4.61. The van der Waals surface area contributed by atoms with Gasteiger partial charge in [-0.05, 0) is 67.5 Å². The first-order valence-corrected chi connectivity index (χ1v) is 11.8. The summed E-state index contributed by atoms with van der Waals surface area (Å²) in [5, 5.41) is 17.9. The average Bonchev–Trinajstić information content (AvgIpc) is 2.75. The fourth-order valence-electron chi connectivity index (χ4n) is 4.61. The van der Waals surface area contributed by atoms with E-state index in [1.165, 1.54) is 56.1 Å². The molecular formula is C28H36N2O2. The quantitative estimate of drug-likeness (QED) is 0.252. The second-order valence-electron chi connectivity index (χ2n) is 8.82. The van der Waals surface area contributed by atoms with Gasteiger partial charge in [0.2, 0.25) is 0 Å². The van der Waals surface area contributed by atoms with Gasteiger partial charge in [-0.3, -0.25) is 0 Å². The van der Waals surface area contributed by atoms with Crippen LogP contribution in [-0.4, -0.2) is 0 Å². The topological polar surface area (TPSA) is 66.0 Å². The Morgan fingerprint density at radius 2 is 1.03 bits per heavy atom. The Kier molecular flexibility index (Phi) is 10.1. The molecule has 2 rings (SSSR count). The minimum Gasteiger partial charge on any atom is -0.387 e. The second kappa shape index (κ2) is 12.8. The van der Waals surface area contributed by atoms with Crippen LogP contribution in [0.4, 0.5) is 0 Å². The van der Waals surface area contributed by atoms with Crippen molar-refractivity contribution < 1.29 is 9.47 Å². The van der Waals surface area contributed by atoms with Gasteiger partial charge in [0.15, 0.2) is 0 Å². The summed E-state index contributed by atoms with van der Waals surface area (Å²) >= 11 is 0. The molecule has 0 atom stereocenters. The maximum absolute atomic E-state index is 8.97. The van der Waals surface area contributed by atoms with Gasteiger partial charge in [0.1, 0.15) is 11.5 Å². The van der Waals surface area contributed by atoms with Crippen LogP contribution in [-0.2, 0) is 0 Å². The number of hydrogen-bond acceptors (Lipinski definition) is 4. The molecule has 0 bridgehead atoms. The van der Waals surface area contributed by atoms with E-state index >= 15 is 0 Å². The van der Waals surface area contributed by atoms with Crippen LogP contribution < -0.4 is 9.47 Å². The smallest absolute Gasteiger partial charge is 0.292 e. The van der Waals surface area contributed by atoms with Crippen LogP contribution in [0.2, 0.25) is 0 Å². The van der Waals surface area contributed by atoms with Crippen molar-refractivity contribution in [1.29, 1.82) is 10.5 Å². The number of nitriles is 2. The lowest BCUT2D eigenvalue weighted by molar-refractivity contribution is 0.497. The maximum atomic E-state index is 8.97. The third-order valence-corrected chi connectivity index (χ3v) is 6.16. The highest BCUT2D eigenvalue weighted by Crippen LogP contribution is 2.37. The highest BCUT2D eigenvalue weighted by molar-refractivity contribution is 5.50. The maximum Gasteiger partial charge on any atom is 0.292 e. The average molecular weight is 433 g/mol. The first-order valence-electron chi connectivity index (χ1n) is 11.8. The van der Waals surface area contributed by atoms with Crippen LogP contribution in [0.3, 0.4) is 0 Å². The number of benzene rings is 2. The van der Waals surface area contributed by atoms with Crippen LogP contribution in [0.25, 0.3) is 0 Å². The van der Waals surface area contributed by atoms with E-state index < -0.39 is 0 Å². The molecule has 0 aliphatic heterocycles. The lowest BCUT2D eigenvalue weighted by Crippen LogP contribution is -2.05. The third-order valence-electron chi connectivity index (χ3n) is 6.16. The first kappa shape index (κ1) is 25.3. The molecule has 0 aromatic heterocycles. The molecule has 0 radical (unpaired) electrons. The first-order chi connectivity index (χ1) is 15.4. The van der Waals surface area contributed by atoms with E-state index in [2.05, 4.69) is 31.2 Å². The summed E-state index contributed by atoms with van der Waals surface area (Å²) in [6.45, 7) is 10.2. The Bertz CT molecular complexity index is 864. The zero-order valence-electron chi connectivity index (χ0n) is 20.3.